The lowest BCUT2D eigenvalue weighted by molar-refractivity contribution is -0.384. The molecule has 3 aromatic rings. The van der Waals surface area contributed by atoms with Gasteiger partial charge in [0.2, 0.25) is 5.91 Å². The summed E-state index contributed by atoms with van der Waals surface area (Å²) in [5.41, 5.74) is 13.6. The lowest BCUT2D eigenvalue weighted by Crippen LogP contribution is -2.39. The average Bonchev–Trinajstić information content (AvgIpc) is 3.26. The Labute approximate surface area is 213 Å². The van der Waals surface area contributed by atoms with Gasteiger partial charge < -0.3 is 21.5 Å². The predicted molar refractivity (Wildman–Crippen MR) is 140 cm³/mol. The Morgan fingerprint density at radius 1 is 1.03 bits per heavy atom. The van der Waals surface area contributed by atoms with Crippen LogP contribution < -0.4 is 21.5 Å². The number of carbonyl (C=O) groups is 1. The summed E-state index contributed by atoms with van der Waals surface area (Å²) in [6.07, 6.45) is 0.102. The van der Waals surface area contributed by atoms with Crippen molar-refractivity contribution in [2.45, 2.75) is 25.1 Å². The van der Waals surface area contributed by atoms with Gasteiger partial charge in [-0.25, -0.2) is 0 Å². The second kappa shape index (κ2) is 10.9. The van der Waals surface area contributed by atoms with E-state index >= 15 is 0 Å². The molecule has 0 spiro atoms. The van der Waals surface area contributed by atoms with Crippen LogP contribution in [0, 0.1) is 20.9 Å². The third kappa shape index (κ3) is 6.27. The molecule has 1 saturated heterocycles. The molecule has 37 heavy (non-hydrogen) atoms. The van der Waals surface area contributed by atoms with Gasteiger partial charge in [-0.1, -0.05) is 24.3 Å². The van der Waals surface area contributed by atoms with Gasteiger partial charge in [-0.15, -0.1) is 0 Å². The van der Waals surface area contributed by atoms with Crippen molar-refractivity contribution in [3.05, 3.63) is 99.6 Å². The minimum absolute atomic E-state index is 0.0000331. The van der Waals surface area contributed by atoms with Gasteiger partial charge in [0, 0.05) is 48.5 Å². The fourth-order valence-corrected chi connectivity index (χ4v) is 4.24. The van der Waals surface area contributed by atoms with Crippen LogP contribution in [0.3, 0.4) is 0 Å². The molecule has 7 N–H and O–H groups in total. The van der Waals surface area contributed by atoms with Crippen LogP contribution in [0.25, 0.3) is 0 Å². The van der Waals surface area contributed by atoms with E-state index in [1.165, 1.54) is 12.1 Å². The van der Waals surface area contributed by atoms with Crippen molar-refractivity contribution in [1.29, 1.82) is 10.8 Å². The molecule has 0 bridgehead atoms. The normalized spacial score (nSPS) is 17.2. The number of nitrogens with two attached hydrogens (primary N) is 2. The highest BCUT2D eigenvalue weighted by Gasteiger charge is 2.38. The maximum absolute atomic E-state index is 13.3. The monoisotopic (exact) mass is 501 g/mol. The van der Waals surface area contributed by atoms with Crippen molar-refractivity contribution >= 4 is 29.0 Å². The highest BCUT2D eigenvalue weighted by Crippen LogP contribution is 2.27. The first kappa shape index (κ1) is 25.3. The van der Waals surface area contributed by atoms with Gasteiger partial charge >= 0.3 is 0 Å². The van der Waals surface area contributed by atoms with Gasteiger partial charge in [0.05, 0.1) is 11.0 Å². The van der Waals surface area contributed by atoms with Crippen LogP contribution in [-0.2, 0) is 11.3 Å². The summed E-state index contributed by atoms with van der Waals surface area (Å²) in [5.74, 6) is 0.205. The first-order valence-electron chi connectivity index (χ1n) is 11.5. The minimum atomic E-state index is -0.524. The van der Waals surface area contributed by atoms with Crippen LogP contribution >= 0.6 is 0 Å². The number of hydrogen-bond donors (Lipinski definition) is 5. The number of amides is 1. The van der Waals surface area contributed by atoms with E-state index in [1.54, 1.807) is 60.7 Å². The van der Waals surface area contributed by atoms with E-state index in [4.69, 9.17) is 27.0 Å². The van der Waals surface area contributed by atoms with Crippen LogP contribution in [0.2, 0.25) is 0 Å². The third-order valence-electron chi connectivity index (χ3n) is 6.11. The third-order valence-corrected chi connectivity index (χ3v) is 6.11. The molecule has 11 heteroatoms. The number of rotatable bonds is 9. The zero-order chi connectivity index (χ0) is 26.5. The number of carbonyl (C=O) groups excluding carboxylic acids is 1. The molecule has 2 unspecified atom stereocenters. The number of benzene rings is 3. The SMILES string of the molecule is N=C(N)c1ccc(NC(=O)C2CC(Oc3cccc(C(=N)N)c3)CN2Cc2ccc([N+](=O)[O-])cc2)cc1. The van der Waals surface area contributed by atoms with Crippen molar-refractivity contribution in [2.75, 3.05) is 11.9 Å². The van der Waals surface area contributed by atoms with Crippen LogP contribution in [0.15, 0.2) is 72.8 Å². The van der Waals surface area contributed by atoms with Crippen molar-refractivity contribution < 1.29 is 14.5 Å². The lowest BCUT2D eigenvalue weighted by atomic mass is 10.1. The van der Waals surface area contributed by atoms with E-state index in [2.05, 4.69) is 5.32 Å². The number of hydrogen-bond acceptors (Lipinski definition) is 7. The summed E-state index contributed by atoms with van der Waals surface area (Å²) in [7, 11) is 0. The molecule has 0 saturated carbocycles. The Morgan fingerprint density at radius 2 is 1.70 bits per heavy atom. The van der Waals surface area contributed by atoms with Crippen LogP contribution in [0.4, 0.5) is 11.4 Å². The predicted octanol–water partition coefficient (Wildman–Crippen LogP) is 2.82. The first-order chi connectivity index (χ1) is 17.7. The highest BCUT2D eigenvalue weighted by atomic mass is 16.6. The Balaban J connectivity index is 1.52. The fourth-order valence-electron chi connectivity index (χ4n) is 4.24. The van der Waals surface area contributed by atoms with E-state index in [9.17, 15) is 14.9 Å². The number of nitrogens with one attached hydrogen (secondary N) is 3. The highest BCUT2D eigenvalue weighted by molar-refractivity contribution is 5.97. The maximum atomic E-state index is 13.3. The number of nitro benzene ring substituents is 1. The number of ether oxygens (including phenoxy) is 1. The van der Waals surface area contributed by atoms with Crippen molar-refractivity contribution in [3.63, 3.8) is 0 Å². The molecule has 0 aliphatic carbocycles. The molecule has 0 radical (unpaired) electrons. The zero-order valence-corrected chi connectivity index (χ0v) is 19.9. The molecule has 1 aliphatic rings. The number of amidine groups is 2. The zero-order valence-electron chi connectivity index (χ0n) is 19.9. The molecule has 190 valence electrons. The summed E-state index contributed by atoms with van der Waals surface area (Å²) < 4.78 is 6.16. The average molecular weight is 502 g/mol. The fraction of sp³-hybridized carbons (Fsp3) is 0.192. The molecule has 2 atom stereocenters. The van der Waals surface area contributed by atoms with Crippen molar-refractivity contribution in [3.8, 4) is 5.75 Å². The summed E-state index contributed by atoms with van der Waals surface area (Å²) in [6, 6.07) is 19.4. The Bertz CT molecular complexity index is 1330. The Morgan fingerprint density at radius 3 is 2.32 bits per heavy atom. The molecule has 1 heterocycles. The number of nitrogen functional groups attached to an aromatic ring is 2. The van der Waals surface area contributed by atoms with Crippen molar-refractivity contribution in [2.24, 2.45) is 11.5 Å². The van der Waals surface area contributed by atoms with Gasteiger partial charge in [-0.2, -0.15) is 0 Å². The number of anilines is 1. The number of nitrogens with zero attached hydrogens (tertiary/aromatic N) is 2. The van der Waals surface area contributed by atoms with Gasteiger partial charge in [0.1, 0.15) is 23.5 Å². The molecule has 1 amide bonds. The largest absolute Gasteiger partial charge is 0.489 e. The minimum Gasteiger partial charge on any atom is -0.489 e. The van der Waals surface area contributed by atoms with Gasteiger partial charge in [0.15, 0.2) is 0 Å². The first-order valence-corrected chi connectivity index (χ1v) is 11.5. The quantitative estimate of drug-likeness (QED) is 0.129. The second-order valence-corrected chi connectivity index (χ2v) is 8.77. The summed E-state index contributed by atoms with van der Waals surface area (Å²) >= 11 is 0. The molecule has 1 fully saturated rings. The summed E-state index contributed by atoms with van der Waals surface area (Å²) in [5, 5.41) is 29.1. The van der Waals surface area contributed by atoms with Gasteiger partial charge in [-0.05, 0) is 42.0 Å². The Kier molecular flexibility index (Phi) is 7.44. The van der Waals surface area contributed by atoms with E-state index in [-0.39, 0.29) is 29.4 Å². The van der Waals surface area contributed by atoms with Crippen LogP contribution in [0.1, 0.15) is 23.1 Å². The molecular weight excluding hydrogens is 474 g/mol. The number of likely N-dealkylation sites (tertiary alicyclic amines) is 1. The standard InChI is InChI=1S/C26H27N7O4/c27-24(28)17-6-8-19(9-7-17)31-26(34)23-13-22(37-21-3-1-2-18(12-21)25(29)30)15-32(23)14-16-4-10-20(11-5-16)33(35)36/h1-12,22-23H,13-15H2,(H3,27,28)(H3,29,30)(H,31,34). The Hall–Kier alpha value is -4.77. The van der Waals surface area contributed by atoms with E-state index < -0.39 is 11.0 Å². The second-order valence-electron chi connectivity index (χ2n) is 8.77. The summed E-state index contributed by atoms with van der Waals surface area (Å²) in [6.45, 7) is 0.843. The smallest absolute Gasteiger partial charge is 0.269 e. The maximum Gasteiger partial charge on any atom is 0.269 e. The number of non-ortho nitro benzene ring substituents is 1. The van der Waals surface area contributed by atoms with E-state index in [0.717, 1.165) is 5.56 Å². The van der Waals surface area contributed by atoms with Crippen LogP contribution in [-0.4, -0.2) is 46.1 Å². The number of nitro groups is 1. The van der Waals surface area contributed by atoms with E-state index in [1.807, 2.05) is 4.90 Å². The topological polar surface area (TPSA) is 184 Å². The van der Waals surface area contributed by atoms with Gasteiger partial charge in [-0.3, -0.25) is 30.6 Å². The van der Waals surface area contributed by atoms with E-state index in [0.29, 0.717) is 42.1 Å². The molecular formula is C26H27N7O4. The molecule has 11 nitrogen and oxygen atoms in total. The molecule has 1 aliphatic heterocycles. The molecule has 0 aromatic heterocycles. The van der Waals surface area contributed by atoms with Crippen molar-refractivity contribution in [1.82, 2.24) is 4.90 Å². The van der Waals surface area contributed by atoms with Gasteiger partial charge in [0.25, 0.3) is 5.69 Å². The summed E-state index contributed by atoms with van der Waals surface area (Å²) in [4.78, 5) is 25.8. The molecule has 4 rings (SSSR count). The van der Waals surface area contributed by atoms with Crippen LogP contribution in [0.5, 0.6) is 5.75 Å². The molecule has 3 aromatic carbocycles. The lowest BCUT2D eigenvalue weighted by Gasteiger charge is -2.23.